The maximum atomic E-state index is 13.0. The van der Waals surface area contributed by atoms with Crippen molar-refractivity contribution in [2.45, 2.75) is 18.3 Å². The van der Waals surface area contributed by atoms with E-state index in [1.807, 2.05) is 30.3 Å². The fourth-order valence-corrected chi connectivity index (χ4v) is 3.43. The molecule has 1 fully saturated rings. The summed E-state index contributed by atoms with van der Waals surface area (Å²) in [6.45, 7) is 0.889. The van der Waals surface area contributed by atoms with Crippen LogP contribution in [0.4, 0.5) is 4.39 Å². The first-order valence-corrected chi connectivity index (χ1v) is 8.25. The van der Waals surface area contributed by atoms with Gasteiger partial charge in [-0.05, 0) is 42.7 Å². The smallest absolute Gasteiger partial charge is 0.316 e. The number of carbonyl (C=O) groups is 2. The molecule has 1 saturated heterocycles. The van der Waals surface area contributed by atoms with Gasteiger partial charge < -0.3 is 9.64 Å². The van der Waals surface area contributed by atoms with E-state index in [2.05, 4.69) is 0 Å². The number of halogens is 1. The van der Waals surface area contributed by atoms with Gasteiger partial charge >= 0.3 is 5.97 Å². The quantitative estimate of drug-likeness (QED) is 0.806. The summed E-state index contributed by atoms with van der Waals surface area (Å²) in [6, 6.07) is 15.1. The van der Waals surface area contributed by atoms with E-state index < -0.39 is 5.41 Å². The minimum Gasteiger partial charge on any atom is -0.468 e. The molecule has 3 rings (SSSR count). The molecule has 0 aromatic heterocycles. The summed E-state index contributed by atoms with van der Waals surface area (Å²) >= 11 is 0. The molecule has 4 nitrogen and oxygen atoms in total. The van der Waals surface area contributed by atoms with E-state index >= 15 is 0 Å². The molecule has 25 heavy (non-hydrogen) atoms. The monoisotopic (exact) mass is 341 g/mol. The molecule has 0 spiro atoms. The molecule has 0 N–H and O–H groups in total. The Bertz CT molecular complexity index is 750. The molecule has 0 radical (unpaired) electrons. The van der Waals surface area contributed by atoms with Crippen molar-refractivity contribution in [1.82, 2.24) is 4.90 Å². The first-order valence-electron chi connectivity index (χ1n) is 8.25. The second-order valence-corrected chi connectivity index (χ2v) is 6.24. The summed E-state index contributed by atoms with van der Waals surface area (Å²) in [4.78, 5) is 26.8. The van der Waals surface area contributed by atoms with Gasteiger partial charge in [0.15, 0.2) is 0 Å². The molecule has 0 aliphatic carbocycles. The Morgan fingerprint density at radius 2 is 1.60 bits per heavy atom. The van der Waals surface area contributed by atoms with Gasteiger partial charge in [0, 0.05) is 18.7 Å². The van der Waals surface area contributed by atoms with E-state index in [1.165, 1.54) is 31.4 Å². The van der Waals surface area contributed by atoms with Gasteiger partial charge in [-0.15, -0.1) is 0 Å². The van der Waals surface area contributed by atoms with Crippen molar-refractivity contribution in [3.8, 4) is 0 Å². The summed E-state index contributed by atoms with van der Waals surface area (Å²) in [5.74, 6) is -0.789. The zero-order valence-electron chi connectivity index (χ0n) is 14.1. The molecule has 0 bridgehead atoms. The zero-order valence-corrected chi connectivity index (χ0v) is 14.1. The first kappa shape index (κ1) is 17.1. The van der Waals surface area contributed by atoms with Gasteiger partial charge in [0.1, 0.15) is 5.82 Å². The SMILES string of the molecule is COC(=O)C1(c2ccccc2)CCN(C(=O)c2ccc(F)cc2)CC1. The highest BCUT2D eigenvalue weighted by molar-refractivity contribution is 5.94. The fourth-order valence-electron chi connectivity index (χ4n) is 3.43. The molecule has 1 aliphatic rings. The summed E-state index contributed by atoms with van der Waals surface area (Å²) in [5.41, 5.74) is 0.637. The van der Waals surface area contributed by atoms with Gasteiger partial charge in [0.2, 0.25) is 0 Å². The predicted octanol–water partition coefficient (Wildman–Crippen LogP) is 3.17. The molecule has 5 heteroatoms. The number of hydrogen-bond donors (Lipinski definition) is 0. The average molecular weight is 341 g/mol. The van der Waals surface area contributed by atoms with Crippen LogP contribution in [0.5, 0.6) is 0 Å². The van der Waals surface area contributed by atoms with Crippen LogP contribution >= 0.6 is 0 Å². The highest BCUT2D eigenvalue weighted by atomic mass is 19.1. The summed E-state index contributed by atoms with van der Waals surface area (Å²) in [7, 11) is 1.39. The van der Waals surface area contributed by atoms with Gasteiger partial charge in [-0.3, -0.25) is 9.59 Å². The summed E-state index contributed by atoms with van der Waals surface area (Å²) in [6.07, 6.45) is 0.993. The number of piperidine rings is 1. The van der Waals surface area contributed by atoms with Gasteiger partial charge in [-0.1, -0.05) is 30.3 Å². The van der Waals surface area contributed by atoms with Gasteiger partial charge in [-0.25, -0.2) is 4.39 Å². The van der Waals surface area contributed by atoms with E-state index in [4.69, 9.17) is 4.74 Å². The third-order valence-electron chi connectivity index (χ3n) is 4.90. The Morgan fingerprint density at radius 3 is 2.16 bits per heavy atom. The standard InChI is InChI=1S/C20H20FNO3/c1-25-19(24)20(16-5-3-2-4-6-16)11-13-22(14-12-20)18(23)15-7-9-17(21)10-8-15/h2-10H,11-14H2,1H3. The van der Waals surface area contributed by atoms with Crippen molar-refractivity contribution in [3.05, 3.63) is 71.5 Å². The molecule has 0 saturated carbocycles. The van der Waals surface area contributed by atoms with Gasteiger partial charge in [0.05, 0.1) is 12.5 Å². The molecular formula is C20H20FNO3. The van der Waals surface area contributed by atoms with E-state index in [9.17, 15) is 14.0 Å². The van der Waals surface area contributed by atoms with Crippen molar-refractivity contribution >= 4 is 11.9 Å². The highest BCUT2D eigenvalue weighted by Gasteiger charge is 2.44. The van der Waals surface area contributed by atoms with Crippen molar-refractivity contribution in [2.24, 2.45) is 0 Å². The average Bonchev–Trinajstić information content (AvgIpc) is 2.68. The lowest BCUT2D eigenvalue weighted by Gasteiger charge is -2.40. The molecule has 1 heterocycles. The van der Waals surface area contributed by atoms with Crippen LogP contribution in [0, 0.1) is 5.82 Å². The minimum absolute atomic E-state index is 0.147. The predicted molar refractivity (Wildman–Crippen MR) is 91.7 cm³/mol. The van der Waals surface area contributed by atoms with Crippen LogP contribution in [0.15, 0.2) is 54.6 Å². The Hall–Kier alpha value is -2.69. The lowest BCUT2D eigenvalue weighted by molar-refractivity contribution is -0.149. The number of hydrogen-bond acceptors (Lipinski definition) is 3. The van der Waals surface area contributed by atoms with Crippen molar-refractivity contribution < 1.29 is 18.7 Å². The molecule has 1 aliphatic heterocycles. The largest absolute Gasteiger partial charge is 0.468 e. The topological polar surface area (TPSA) is 46.6 Å². The second kappa shape index (κ2) is 7.05. The Labute approximate surface area is 146 Å². The molecule has 1 amide bonds. The van der Waals surface area contributed by atoms with Crippen LogP contribution in [-0.4, -0.2) is 37.0 Å². The summed E-state index contributed by atoms with van der Waals surface area (Å²) < 4.78 is 18.1. The lowest BCUT2D eigenvalue weighted by Crippen LogP contribution is -2.49. The minimum atomic E-state index is -0.727. The second-order valence-electron chi connectivity index (χ2n) is 6.24. The maximum Gasteiger partial charge on any atom is 0.316 e. The number of amides is 1. The van der Waals surface area contributed by atoms with Crippen LogP contribution in [0.2, 0.25) is 0 Å². The lowest BCUT2D eigenvalue weighted by atomic mass is 9.72. The van der Waals surface area contributed by atoms with Crippen molar-refractivity contribution in [3.63, 3.8) is 0 Å². The Kier molecular flexibility index (Phi) is 4.83. The number of rotatable bonds is 3. The Balaban J connectivity index is 1.79. The summed E-state index contributed by atoms with van der Waals surface area (Å²) in [5, 5.41) is 0. The normalized spacial score (nSPS) is 16.3. The number of likely N-dealkylation sites (tertiary alicyclic amines) is 1. The molecule has 130 valence electrons. The van der Waals surface area contributed by atoms with E-state index in [0.717, 1.165) is 5.56 Å². The fraction of sp³-hybridized carbons (Fsp3) is 0.300. The van der Waals surface area contributed by atoms with Crippen LogP contribution in [0.1, 0.15) is 28.8 Å². The van der Waals surface area contributed by atoms with Crippen LogP contribution < -0.4 is 0 Å². The number of esters is 1. The number of benzene rings is 2. The van der Waals surface area contributed by atoms with E-state index in [-0.39, 0.29) is 17.7 Å². The number of methoxy groups -OCH3 is 1. The number of nitrogens with zero attached hydrogens (tertiary/aromatic N) is 1. The van der Waals surface area contributed by atoms with Crippen molar-refractivity contribution in [2.75, 3.05) is 20.2 Å². The van der Waals surface area contributed by atoms with Crippen LogP contribution in [0.25, 0.3) is 0 Å². The Morgan fingerprint density at radius 1 is 1.00 bits per heavy atom. The zero-order chi connectivity index (χ0) is 17.9. The molecular weight excluding hydrogens is 321 g/mol. The number of ether oxygens (including phenoxy) is 1. The highest BCUT2D eigenvalue weighted by Crippen LogP contribution is 2.37. The number of carbonyl (C=O) groups excluding carboxylic acids is 2. The molecule has 0 unspecified atom stereocenters. The third-order valence-corrected chi connectivity index (χ3v) is 4.90. The van der Waals surface area contributed by atoms with Crippen molar-refractivity contribution in [1.29, 1.82) is 0 Å². The first-order chi connectivity index (χ1) is 12.1. The molecule has 0 atom stereocenters. The van der Waals surface area contributed by atoms with Crippen LogP contribution in [-0.2, 0) is 14.9 Å². The molecule has 2 aromatic carbocycles. The molecule has 2 aromatic rings. The van der Waals surface area contributed by atoms with Crippen LogP contribution in [0.3, 0.4) is 0 Å². The van der Waals surface area contributed by atoms with E-state index in [1.54, 1.807) is 4.90 Å². The third kappa shape index (κ3) is 3.27. The van der Waals surface area contributed by atoms with Gasteiger partial charge in [0.25, 0.3) is 5.91 Å². The van der Waals surface area contributed by atoms with E-state index in [0.29, 0.717) is 31.5 Å². The maximum absolute atomic E-state index is 13.0. The van der Waals surface area contributed by atoms with Gasteiger partial charge in [-0.2, -0.15) is 0 Å².